The van der Waals surface area contributed by atoms with Gasteiger partial charge in [-0.1, -0.05) is 6.92 Å². The van der Waals surface area contributed by atoms with Gasteiger partial charge in [0.05, 0.1) is 5.39 Å². The van der Waals surface area contributed by atoms with Gasteiger partial charge in [-0.3, -0.25) is 0 Å². The Balaban J connectivity index is 1.93. The van der Waals surface area contributed by atoms with Gasteiger partial charge in [-0.25, -0.2) is 9.97 Å². The van der Waals surface area contributed by atoms with Crippen molar-refractivity contribution in [2.24, 2.45) is 0 Å². The van der Waals surface area contributed by atoms with Gasteiger partial charge in [-0.05, 0) is 59.9 Å². The molecule has 2 aromatic rings. The van der Waals surface area contributed by atoms with Crippen molar-refractivity contribution >= 4 is 27.4 Å². The molecular weight excluding hydrogens is 304 g/mol. The van der Waals surface area contributed by atoms with E-state index in [9.17, 15) is 0 Å². The van der Waals surface area contributed by atoms with Crippen LogP contribution in [0.2, 0.25) is 0 Å². The molecule has 5 heteroatoms. The number of thiophene rings is 1. The van der Waals surface area contributed by atoms with Crippen molar-refractivity contribution in [2.75, 3.05) is 5.32 Å². The van der Waals surface area contributed by atoms with E-state index in [2.05, 4.69) is 56.3 Å². The molecule has 1 aliphatic rings. The molecule has 1 aliphatic heterocycles. The minimum atomic E-state index is 0.129. The third-order valence-corrected chi connectivity index (χ3v) is 5.61. The second kappa shape index (κ2) is 5.71. The van der Waals surface area contributed by atoms with E-state index < -0.39 is 0 Å². The summed E-state index contributed by atoms with van der Waals surface area (Å²) in [5, 5.41) is 8.64. The van der Waals surface area contributed by atoms with Crippen LogP contribution in [0.4, 0.5) is 5.82 Å². The van der Waals surface area contributed by atoms with E-state index in [0.717, 1.165) is 35.7 Å². The quantitative estimate of drug-likeness (QED) is 0.880. The molecule has 1 fully saturated rings. The number of hydrogen-bond acceptors (Lipinski definition) is 5. The molecule has 0 aromatic carbocycles. The molecular formula is C18H28N4S. The van der Waals surface area contributed by atoms with E-state index in [1.807, 2.05) is 6.92 Å². The maximum Gasteiger partial charge on any atom is 0.138 e. The van der Waals surface area contributed by atoms with Crippen LogP contribution < -0.4 is 10.6 Å². The van der Waals surface area contributed by atoms with E-state index >= 15 is 0 Å². The highest BCUT2D eigenvalue weighted by Gasteiger charge is 2.37. The molecule has 2 aromatic heterocycles. The van der Waals surface area contributed by atoms with Crippen LogP contribution in [0.25, 0.3) is 10.2 Å². The van der Waals surface area contributed by atoms with Crippen molar-refractivity contribution < 1.29 is 0 Å². The summed E-state index contributed by atoms with van der Waals surface area (Å²) in [6.45, 7) is 13.3. The first-order valence-corrected chi connectivity index (χ1v) is 9.32. The lowest BCUT2D eigenvalue weighted by atomic mass is 9.79. The van der Waals surface area contributed by atoms with E-state index in [1.54, 1.807) is 11.3 Å². The molecule has 4 nitrogen and oxygen atoms in total. The Bertz CT molecular complexity index is 701. The molecule has 0 bridgehead atoms. The Morgan fingerprint density at radius 2 is 1.87 bits per heavy atom. The van der Waals surface area contributed by atoms with E-state index in [1.165, 1.54) is 10.3 Å². The monoisotopic (exact) mass is 332 g/mol. The maximum absolute atomic E-state index is 4.70. The van der Waals surface area contributed by atoms with Gasteiger partial charge in [0, 0.05) is 22.0 Å². The number of fused-ring (bicyclic) bond motifs is 1. The van der Waals surface area contributed by atoms with Crippen LogP contribution in [-0.4, -0.2) is 27.1 Å². The fourth-order valence-electron chi connectivity index (χ4n) is 3.98. The van der Waals surface area contributed by atoms with Gasteiger partial charge < -0.3 is 10.6 Å². The highest BCUT2D eigenvalue weighted by atomic mass is 32.1. The predicted octanol–water partition coefficient (Wildman–Crippen LogP) is 4.28. The Kier molecular flexibility index (Phi) is 4.13. The lowest BCUT2D eigenvalue weighted by Gasteiger charge is -2.46. The van der Waals surface area contributed by atoms with Gasteiger partial charge in [0.25, 0.3) is 0 Å². The smallest absolute Gasteiger partial charge is 0.138 e. The first-order valence-electron chi connectivity index (χ1n) is 8.50. The van der Waals surface area contributed by atoms with E-state index in [4.69, 9.17) is 4.98 Å². The lowest BCUT2D eigenvalue weighted by Crippen LogP contribution is -2.60. The summed E-state index contributed by atoms with van der Waals surface area (Å²) in [5.41, 5.74) is 0.258. The topological polar surface area (TPSA) is 49.8 Å². The average Bonchev–Trinajstić information content (AvgIpc) is 2.77. The summed E-state index contributed by atoms with van der Waals surface area (Å²) in [6, 6.07) is 2.67. The normalized spacial score (nSPS) is 20.8. The highest BCUT2D eigenvalue weighted by molar-refractivity contribution is 7.18. The second-order valence-electron chi connectivity index (χ2n) is 8.05. The van der Waals surface area contributed by atoms with Crippen LogP contribution in [0.5, 0.6) is 0 Å². The first-order chi connectivity index (χ1) is 10.7. The third kappa shape index (κ3) is 3.66. The number of nitrogens with one attached hydrogen (secondary N) is 2. The molecule has 1 saturated heterocycles. The molecule has 3 rings (SSSR count). The Morgan fingerprint density at radius 1 is 1.22 bits per heavy atom. The summed E-state index contributed by atoms with van der Waals surface area (Å²) in [6.07, 6.45) is 3.23. The minimum Gasteiger partial charge on any atom is -0.367 e. The molecule has 0 radical (unpaired) electrons. The SMILES string of the molecule is CCc1cc2c(NC3CC(C)(C)NC(C)(C)C3)nc(C)nc2s1. The first kappa shape index (κ1) is 16.7. The maximum atomic E-state index is 4.70. The summed E-state index contributed by atoms with van der Waals surface area (Å²) in [5.74, 6) is 1.85. The molecule has 126 valence electrons. The minimum absolute atomic E-state index is 0.129. The third-order valence-electron chi connectivity index (χ3n) is 4.44. The van der Waals surface area contributed by atoms with Gasteiger partial charge >= 0.3 is 0 Å². The van der Waals surface area contributed by atoms with Crippen LogP contribution >= 0.6 is 11.3 Å². The number of anilines is 1. The number of rotatable bonds is 3. The van der Waals surface area contributed by atoms with Crippen molar-refractivity contribution in [1.82, 2.24) is 15.3 Å². The molecule has 0 unspecified atom stereocenters. The molecule has 0 amide bonds. The van der Waals surface area contributed by atoms with E-state index in [0.29, 0.717) is 6.04 Å². The number of nitrogens with zero attached hydrogens (tertiary/aromatic N) is 2. The fourth-order valence-corrected chi connectivity index (χ4v) is 4.99. The molecule has 2 N–H and O–H groups in total. The number of aryl methyl sites for hydroxylation is 2. The summed E-state index contributed by atoms with van der Waals surface area (Å²) in [4.78, 5) is 11.8. The Hall–Kier alpha value is -1.20. The molecule has 23 heavy (non-hydrogen) atoms. The van der Waals surface area contributed by atoms with Gasteiger partial charge in [-0.15, -0.1) is 11.3 Å². The van der Waals surface area contributed by atoms with Crippen molar-refractivity contribution in [2.45, 2.75) is 77.9 Å². The van der Waals surface area contributed by atoms with Crippen molar-refractivity contribution in [1.29, 1.82) is 0 Å². The van der Waals surface area contributed by atoms with Crippen LogP contribution in [0, 0.1) is 6.92 Å². The van der Waals surface area contributed by atoms with Crippen molar-refractivity contribution in [3.05, 3.63) is 16.8 Å². The zero-order chi connectivity index (χ0) is 16.8. The van der Waals surface area contributed by atoms with Gasteiger partial charge in [0.2, 0.25) is 0 Å². The largest absolute Gasteiger partial charge is 0.367 e. The predicted molar refractivity (Wildman–Crippen MR) is 99.5 cm³/mol. The van der Waals surface area contributed by atoms with Crippen molar-refractivity contribution in [3.63, 3.8) is 0 Å². The Morgan fingerprint density at radius 3 is 2.48 bits per heavy atom. The Labute approximate surface area is 143 Å². The molecule has 0 atom stereocenters. The fraction of sp³-hybridized carbons (Fsp3) is 0.667. The molecule has 3 heterocycles. The van der Waals surface area contributed by atoms with Gasteiger partial charge in [-0.2, -0.15) is 0 Å². The second-order valence-corrected chi connectivity index (χ2v) is 9.16. The molecule has 0 spiro atoms. The zero-order valence-electron chi connectivity index (χ0n) is 15.1. The van der Waals surface area contributed by atoms with Crippen molar-refractivity contribution in [3.8, 4) is 0 Å². The molecule has 0 saturated carbocycles. The number of hydrogen-bond donors (Lipinski definition) is 2. The van der Waals surface area contributed by atoms with Crippen LogP contribution in [0.3, 0.4) is 0 Å². The molecule has 0 aliphatic carbocycles. The summed E-state index contributed by atoms with van der Waals surface area (Å²) >= 11 is 1.78. The van der Waals surface area contributed by atoms with Crippen LogP contribution in [-0.2, 0) is 6.42 Å². The zero-order valence-corrected chi connectivity index (χ0v) is 15.9. The number of aromatic nitrogens is 2. The standard InChI is InChI=1S/C18H28N4S/c1-7-13-8-14-15(19-11(2)20-16(14)23-13)21-12-9-17(3,4)22-18(5,6)10-12/h8,12,22H,7,9-10H2,1-6H3,(H,19,20,21). The van der Waals surface area contributed by atoms with Crippen LogP contribution in [0.1, 0.15) is 58.2 Å². The van der Waals surface area contributed by atoms with E-state index in [-0.39, 0.29) is 11.1 Å². The summed E-state index contributed by atoms with van der Waals surface area (Å²) < 4.78 is 0. The number of piperidine rings is 1. The van der Waals surface area contributed by atoms with Gasteiger partial charge in [0.15, 0.2) is 0 Å². The average molecular weight is 333 g/mol. The van der Waals surface area contributed by atoms with Crippen LogP contribution in [0.15, 0.2) is 6.07 Å². The lowest BCUT2D eigenvalue weighted by molar-refractivity contribution is 0.170. The summed E-state index contributed by atoms with van der Waals surface area (Å²) in [7, 11) is 0. The van der Waals surface area contributed by atoms with Gasteiger partial charge in [0.1, 0.15) is 16.5 Å². The highest BCUT2D eigenvalue weighted by Crippen LogP contribution is 2.33.